The van der Waals surface area contributed by atoms with Crippen molar-refractivity contribution in [2.24, 2.45) is 28.6 Å². The maximum Gasteiger partial charge on any atom is 0.155 e. The Labute approximate surface area is 139 Å². The second kappa shape index (κ2) is 4.70. The van der Waals surface area contributed by atoms with Crippen molar-refractivity contribution in [2.75, 3.05) is 0 Å². The molecule has 0 unspecified atom stereocenters. The van der Waals surface area contributed by atoms with Crippen LogP contribution in [-0.4, -0.2) is 27.7 Å². The quantitative estimate of drug-likeness (QED) is 0.721. The maximum absolute atomic E-state index is 11.8. The van der Waals surface area contributed by atoms with Crippen LogP contribution in [0.1, 0.15) is 65.7 Å². The molecule has 0 heterocycles. The normalized spacial score (nSPS) is 55.7. The zero-order chi connectivity index (χ0) is 16.6. The zero-order valence-electron chi connectivity index (χ0n) is 14.6. The molecule has 3 fully saturated rings. The third-order valence-corrected chi connectivity index (χ3v) is 8.46. The van der Waals surface area contributed by atoms with Crippen LogP contribution in [0.2, 0.25) is 0 Å². The standard InChI is InChI=1S/C20H30O3/c1-18-8-6-13(21)10-12(18)4-5-14-15-7-9-20(3,23)19(15,2)11-16(22)17(14)18/h10,14-17,22-23H,4-9,11H2,1-3H3/t14-,15-,16-,17-,18-,19-,20-/m1/s1. The van der Waals surface area contributed by atoms with Gasteiger partial charge in [-0.1, -0.05) is 19.4 Å². The van der Waals surface area contributed by atoms with Crippen molar-refractivity contribution in [3.63, 3.8) is 0 Å². The van der Waals surface area contributed by atoms with Gasteiger partial charge < -0.3 is 10.2 Å². The van der Waals surface area contributed by atoms with E-state index in [1.165, 1.54) is 5.57 Å². The molecule has 3 saturated carbocycles. The summed E-state index contributed by atoms with van der Waals surface area (Å²) in [6.45, 7) is 6.44. The van der Waals surface area contributed by atoms with Crippen molar-refractivity contribution < 1.29 is 15.0 Å². The topological polar surface area (TPSA) is 57.5 Å². The van der Waals surface area contributed by atoms with Crippen LogP contribution in [0.5, 0.6) is 0 Å². The first-order valence-electron chi connectivity index (χ1n) is 9.33. The van der Waals surface area contributed by atoms with Gasteiger partial charge in [-0.15, -0.1) is 0 Å². The molecule has 4 rings (SSSR count). The molecule has 0 aliphatic heterocycles. The van der Waals surface area contributed by atoms with Gasteiger partial charge in [-0.05, 0) is 74.7 Å². The Morgan fingerprint density at radius 3 is 2.61 bits per heavy atom. The summed E-state index contributed by atoms with van der Waals surface area (Å²) in [6.07, 6.45) is 7.69. The molecule has 0 bridgehead atoms. The Morgan fingerprint density at radius 2 is 1.87 bits per heavy atom. The number of hydrogen-bond donors (Lipinski definition) is 2. The third-order valence-electron chi connectivity index (χ3n) is 8.46. The van der Waals surface area contributed by atoms with Gasteiger partial charge in [-0.3, -0.25) is 4.79 Å². The molecule has 0 amide bonds. The number of hydrogen-bond acceptors (Lipinski definition) is 3. The van der Waals surface area contributed by atoms with E-state index in [1.54, 1.807) is 0 Å². The Bertz CT molecular complexity index is 577. The average Bonchev–Trinajstić information content (AvgIpc) is 2.69. The van der Waals surface area contributed by atoms with Crippen molar-refractivity contribution in [2.45, 2.75) is 77.4 Å². The fourth-order valence-electron chi connectivity index (χ4n) is 6.91. The SMILES string of the molecule is C[C@@]12CCC(=O)C=C1CC[C@H]1[C@@H]2[C@H](O)C[C@]2(C)[C@@H]1CC[C@@]2(C)O. The van der Waals surface area contributed by atoms with Gasteiger partial charge in [0.2, 0.25) is 0 Å². The van der Waals surface area contributed by atoms with Gasteiger partial charge in [0.25, 0.3) is 0 Å². The molecule has 0 saturated heterocycles. The lowest BCUT2D eigenvalue weighted by atomic mass is 9.45. The maximum atomic E-state index is 11.8. The minimum atomic E-state index is -0.664. The smallest absolute Gasteiger partial charge is 0.155 e. The van der Waals surface area contributed by atoms with E-state index in [9.17, 15) is 15.0 Å². The van der Waals surface area contributed by atoms with Gasteiger partial charge in [-0.2, -0.15) is 0 Å². The first-order chi connectivity index (χ1) is 10.7. The van der Waals surface area contributed by atoms with Crippen molar-refractivity contribution in [1.82, 2.24) is 0 Å². The van der Waals surface area contributed by atoms with E-state index in [2.05, 4.69) is 13.8 Å². The number of rotatable bonds is 0. The highest BCUT2D eigenvalue weighted by Gasteiger charge is 2.64. The average molecular weight is 318 g/mol. The van der Waals surface area contributed by atoms with E-state index in [1.807, 2.05) is 13.0 Å². The molecule has 0 radical (unpaired) electrons. The van der Waals surface area contributed by atoms with Crippen LogP contribution in [-0.2, 0) is 4.79 Å². The minimum Gasteiger partial charge on any atom is -0.393 e. The molecule has 0 aromatic heterocycles. The van der Waals surface area contributed by atoms with Crippen molar-refractivity contribution in [1.29, 1.82) is 0 Å². The van der Waals surface area contributed by atoms with Crippen molar-refractivity contribution in [3.05, 3.63) is 11.6 Å². The van der Waals surface area contributed by atoms with Gasteiger partial charge >= 0.3 is 0 Å². The van der Waals surface area contributed by atoms with Crippen LogP contribution in [0.4, 0.5) is 0 Å². The summed E-state index contributed by atoms with van der Waals surface area (Å²) in [4.78, 5) is 11.8. The number of fused-ring (bicyclic) bond motifs is 5. The first kappa shape index (κ1) is 15.8. The highest BCUT2D eigenvalue weighted by atomic mass is 16.3. The Hall–Kier alpha value is -0.670. The molecule has 2 N–H and O–H groups in total. The monoisotopic (exact) mass is 318 g/mol. The summed E-state index contributed by atoms with van der Waals surface area (Å²) < 4.78 is 0. The fraction of sp³-hybridized carbons (Fsp3) is 0.850. The van der Waals surface area contributed by atoms with Crippen molar-refractivity contribution >= 4 is 5.78 Å². The second-order valence-corrected chi connectivity index (χ2v) is 9.39. The van der Waals surface area contributed by atoms with E-state index in [-0.39, 0.29) is 28.6 Å². The number of carbonyl (C=O) groups excluding carboxylic acids is 1. The summed E-state index contributed by atoms with van der Waals surface area (Å²) in [7, 11) is 0. The van der Waals surface area contributed by atoms with Gasteiger partial charge in [0.05, 0.1) is 11.7 Å². The Morgan fingerprint density at radius 1 is 1.13 bits per heavy atom. The molecule has 3 nitrogen and oxygen atoms in total. The van der Waals surface area contributed by atoms with Crippen LogP contribution >= 0.6 is 0 Å². The highest BCUT2D eigenvalue weighted by molar-refractivity contribution is 5.91. The summed E-state index contributed by atoms with van der Waals surface area (Å²) in [5, 5.41) is 22.0. The minimum absolute atomic E-state index is 0.0218. The number of aliphatic hydroxyl groups excluding tert-OH is 1. The lowest BCUT2D eigenvalue weighted by Crippen LogP contribution is -2.59. The van der Waals surface area contributed by atoms with Crippen LogP contribution < -0.4 is 0 Å². The molecule has 7 atom stereocenters. The lowest BCUT2D eigenvalue weighted by Gasteiger charge is -2.60. The summed E-state index contributed by atoms with van der Waals surface area (Å²) in [5.41, 5.74) is 0.424. The summed E-state index contributed by atoms with van der Waals surface area (Å²) in [6, 6.07) is 0. The highest BCUT2D eigenvalue weighted by Crippen LogP contribution is 2.67. The van der Waals surface area contributed by atoms with Gasteiger partial charge in [-0.25, -0.2) is 0 Å². The molecular formula is C20H30O3. The van der Waals surface area contributed by atoms with Crippen molar-refractivity contribution in [3.8, 4) is 0 Å². The number of allylic oxidation sites excluding steroid dienone is 1. The molecule has 0 aromatic carbocycles. The molecule has 0 spiro atoms. The van der Waals surface area contributed by atoms with E-state index in [0.29, 0.717) is 24.7 Å². The molecule has 23 heavy (non-hydrogen) atoms. The first-order valence-corrected chi connectivity index (χ1v) is 9.33. The fourth-order valence-corrected chi connectivity index (χ4v) is 6.91. The van der Waals surface area contributed by atoms with Crippen LogP contribution in [0.3, 0.4) is 0 Å². The van der Waals surface area contributed by atoms with Gasteiger partial charge in [0.1, 0.15) is 0 Å². The Balaban J connectivity index is 1.75. The number of ketones is 1. The lowest BCUT2D eigenvalue weighted by molar-refractivity contribution is -0.166. The van der Waals surface area contributed by atoms with Crippen LogP contribution in [0.15, 0.2) is 11.6 Å². The predicted octanol–water partition coefficient (Wildman–Crippen LogP) is 3.24. The number of aliphatic hydroxyl groups is 2. The third kappa shape index (κ3) is 1.93. The summed E-state index contributed by atoms with van der Waals surface area (Å²) >= 11 is 0. The van der Waals surface area contributed by atoms with E-state index in [4.69, 9.17) is 0 Å². The molecule has 0 aromatic rings. The van der Waals surface area contributed by atoms with Crippen LogP contribution in [0.25, 0.3) is 0 Å². The summed E-state index contributed by atoms with van der Waals surface area (Å²) in [5.74, 6) is 1.49. The van der Waals surface area contributed by atoms with Gasteiger partial charge in [0.15, 0.2) is 5.78 Å². The van der Waals surface area contributed by atoms with E-state index < -0.39 is 5.60 Å². The van der Waals surface area contributed by atoms with Crippen LogP contribution in [0, 0.1) is 28.6 Å². The molecule has 4 aliphatic carbocycles. The Kier molecular flexibility index (Phi) is 3.23. The zero-order valence-corrected chi connectivity index (χ0v) is 14.6. The largest absolute Gasteiger partial charge is 0.393 e. The predicted molar refractivity (Wildman–Crippen MR) is 88.7 cm³/mol. The molecule has 3 heteroatoms. The number of carbonyl (C=O) groups is 1. The molecule has 4 aliphatic rings. The van der Waals surface area contributed by atoms with E-state index >= 15 is 0 Å². The second-order valence-electron chi connectivity index (χ2n) is 9.39. The molecular weight excluding hydrogens is 288 g/mol. The molecule has 128 valence electrons. The van der Waals surface area contributed by atoms with Gasteiger partial charge in [0, 0.05) is 11.8 Å². The van der Waals surface area contributed by atoms with E-state index in [0.717, 1.165) is 32.1 Å².